The zero-order chi connectivity index (χ0) is 9.68. The van der Waals surface area contributed by atoms with E-state index < -0.39 is 0 Å². The number of aliphatic imine (C=N–C) groups is 1. The van der Waals surface area contributed by atoms with Gasteiger partial charge in [-0.05, 0) is 12.1 Å². The third-order valence-electron chi connectivity index (χ3n) is 1.42. The van der Waals surface area contributed by atoms with E-state index in [-0.39, 0.29) is 5.96 Å². The summed E-state index contributed by atoms with van der Waals surface area (Å²) in [5.74, 6) is 5.28. The lowest BCUT2D eigenvalue weighted by Gasteiger charge is -1.96. The average molecular weight is 219 g/mol. The standard InChI is InChI=1S/C7H11ClN4S/c8-6-2-1-5(13-6)3-4-11-7(9)12-10/h1-2H,3-4,10H2,(H3,9,11,12). The van der Waals surface area contributed by atoms with Crippen LogP contribution in [0.15, 0.2) is 17.1 Å². The van der Waals surface area contributed by atoms with Gasteiger partial charge in [-0.25, -0.2) is 5.84 Å². The second-order valence-corrected chi connectivity index (χ2v) is 4.17. The Morgan fingerprint density at radius 3 is 2.92 bits per heavy atom. The molecule has 0 aromatic carbocycles. The van der Waals surface area contributed by atoms with Crippen LogP contribution in [0.1, 0.15) is 4.88 Å². The van der Waals surface area contributed by atoms with Crippen LogP contribution in [-0.4, -0.2) is 12.5 Å². The Kier molecular flexibility index (Phi) is 4.01. The van der Waals surface area contributed by atoms with E-state index in [1.54, 1.807) is 11.3 Å². The lowest BCUT2D eigenvalue weighted by Crippen LogP contribution is -2.37. The summed E-state index contributed by atoms with van der Waals surface area (Å²) in [5, 5.41) is 0. The lowest BCUT2D eigenvalue weighted by molar-refractivity contribution is 0.933. The molecule has 0 radical (unpaired) electrons. The first-order valence-corrected chi connectivity index (χ1v) is 4.92. The van der Waals surface area contributed by atoms with E-state index in [1.807, 2.05) is 12.1 Å². The molecule has 1 aromatic rings. The molecule has 1 aromatic heterocycles. The van der Waals surface area contributed by atoms with E-state index in [2.05, 4.69) is 10.4 Å². The molecule has 0 saturated heterocycles. The maximum Gasteiger partial charge on any atom is 0.203 e. The molecule has 0 atom stereocenters. The number of hydrogen-bond acceptors (Lipinski definition) is 3. The molecule has 0 aliphatic heterocycles. The van der Waals surface area contributed by atoms with Gasteiger partial charge < -0.3 is 5.73 Å². The molecule has 4 nitrogen and oxygen atoms in total. The van der Waals surface area contributed by atoms with Gasteiger partial charge in [0.1, 0.15) is 0 Å². The predicted octanol–water partition coefficient (Wildman–Crippen LogP) is 0.722. The van der Waals surface area contributed by atoms with Crippen molar-refractivity contribution in [2.45, 2.75) is 6.42 Å². The fourth-order valence-electron chi connectivity index (χ4n) is 0.818. The van der Waals surface area contributed by atoms with Crippen molar-refractivity contribution < 1.29 is 0 Å². The van der Waals surface area contributed by atoms with E-state index in [0.717, 1.165) is 10.8 Å². The van der Waals surface area contributed by atoms with Gasteiger partial charge in [-0.1, -0.05) is 11.6 Å². The Morgan fingerprint density at radius 1 is 1.62 bits per heavy atom. The molecular formula is C7H11ClN4S. The van der Waals surface area contributed by atoms with Gasteiger partial charge in [0.05, 0.1) is 4.34 Å². The zero-order valence-corrected chi connectivity index (χ0v) is 8.53. The van der Waals surface area contributed by atoms with E-state index in [4.69, 9.17) is 23.2 Å². The maximum atomic E-state index is 5.75. The summed E-state index contributed by atoms with van der Waals surface area (Å²) in [4.78, 5) is 5.16. The van der Waals surface area contributed by atoms with Crippen LogP contribution < -0.4 is 17.0 Å². The first-order valence-electron chi connectivity index (χ1n) is 3.73. The molecule has 0 bridgehead atoms. The molecule has 0 spiro atoms. The summed E-state index contributed by atoms with van der Waals surface area (Å²) in [6.45, 7) is 0.618. The van der Waals surface area contributed by atoms with Gasteiger partial charge in [0.2, 0.25) is 5.96 Å². The topological polar surface area (TPSA) is 76.4 Å². The minimum absolute atomic E-state index is 0.252. The summed E-state index contributed by atoms with van der Waals surface area (Å²) >= 11 is 7.31. The first kappa shape index (κ1) is 10.3. The Labute approximate surface area is 85.6 Å². The molecular weight excluding hydrogens is 208 g/mol. The number of rotatable bonds is 3. The van der Waals surface area contributed by atoms with Crippen molar-refractivity contribution in [3.8, 4) is 0 Å². The summed E-state index contributed by atoms with van der Waals surface area (Å²) in [7, 11) is 0. The third kappa shape index (κ3) is 3.63. The molecule has 0 unspecified atom stereocenters. The summed E-state index contributed by atoms with van der Waals surface area (Å²) < 4.78 is 0.795. The maximum absolute atomic E-state index is 5.75. The molecule has 13 heavy (non-hydrogen) atoms. The average Bonchev–Trinajstić information content (AvgIpc) is 2.51. The molecule has 0 saturated carbocycles. The van der Waals surface area contributed by atoms with Crippen molar-refractivity contribution in [3.63, 3.8) is 0 Å². The number of nitrogens with zero attached hydrogens (tertiary/aromatic N) is 1. The van der Waals surface area contributed by atoms with Gasteiger partial charge in [0.25, 0.3) is 0 Å². The zero-order valence-electron chi connectivity index (χ0n) is 6.96. The van der Waals surface area contributed by atoms with Crippen molar-refractivity contribution in [3.05, 3.63) is 21.3 Å². The van der Waals surface area contributed by atoms with Crippen LogP contribution in [-0.2, 0) is 6.42 Å². The SMILES string of the molecule is NNC(N)=NCCc1ccc(Cl)s1. The third-order valence-corrected chi connectivity index (χ3v) is 2.71. The van der Waals surface area contributed by atoms with Crippen molar-refractivity contribution in [1.82, 2.24) is 5.43 Å². The van der Waals surface area contributed by atoms with Gasteiger partial charge in [0.15, 0.2) is 0 Å². The minimum Gasteiger partial charge on any atom is -0.369 e. The van der Waals surface area contributed by atoms with E-state index in [1.165, 1.54) is 4.88 Å². The minimum atomic E-state index is 0.252. The number of hydrogen-bond donors (Lipinski definition) is 3. The Balaban J connectivity index is 2.35. The van der Waals surface area contributed by atoms with Crippen molar-refractivity contribution in [1.29, 1.82) is 0 Å². The summed E-state index contributed by atoms with van der Waals surface area (Å²) in [6, 6.07) is 3.85. The number of nitrogens with two attached hydrogens (primary N) is 2. The van der Waals surface area contributed by atoms with E-state index in [0.29, 0.717) is 6.54 Å². The molecule has 6 heteroatoms. The highest BCUT2D eigenvalue weighted by Gasteiger charge is 1.96. The molecule has 72 valence electrons. The second-order valence-electron chi connectivity index (χ2n) is 2.37. The Hall–Kier alpha value is -0.780. The Bertz CT molecular complexity index is 296. The molecule has 1 rings (SSSR count). The van der Waals surface area contributed by atoms with Gasteiger partial charge in [-0.15, -0.1) is 11.3 Å². The monoisotopic (exact) mass is 218 g/mol. The van der Waals surface area contributed by atoms with Crippen LogP contribution >= 0.6 is 22.9 Å². The van der Waals surface area contributed by atoms with Gasteiger partial charge in [-0.2, -0.15) is 0 Å². The highest BCUT2D eigenvalue weighted by Crippen LogP contribution is 2.21. The second kappa shape index (κ2) is 5.06. The Morgan fingerprint density at radius 2 is 2.38 bits per heavy atom. The van der Waals surface area contributed by atoms with Crippen LogP contribution in [0.25, 0.3) is 0 Å². The van der Waals surface area contributed by atoms with Crippen LogP contribution in [0.4, 0.5) is 0 Å². The number of nitrogens with one attached hydrogen (secondary N) is 1. The fraction of sp³-hybridized carbons (Fsp3) is 0.286. The number of hydrazine groups is 1. The largest absolute Gasteiger partial charge is 0.369 e. The summed E-state index contributed by atoms with van der Waals surface area (Å²) in [6.07, 6.45) is 0.833. The van der Waals surface area contributed by atoms with Gasteiger partial charge >= 0.3 is 0 Å². The first-order chi connectivity index (χ1) is 6.22. The number of thiophene rings is 1. The summed E-state index contributed by atoms with van der Waals surface area (Å²) in [5.41, 5.74) is 7.60. The van der Waals surface area contributed by atoms with Crippen LogP contribution in [0.3, 0.4) is 0 Å². The molecule has 0 fully saturated rings. The highest BCUT2D eigenvalue weighted by atomic mass is 35.5. The molecule has 5 N–H and O–H groups in total. The van der Waals surface area contributed by atoms with E-state index in [9.17, 15) is 0 Å². The van der Waals surface area contributed by atoms with Crippen molar-refractivity contribution in [2.24, 2.45) is 16.6 Å². The molecule has 0 aliphatic carbocycles. The molecule has 1 heterocycles. The lowest BCUT2D eigenvalue weighted by atomic mass is 10.3. The van der Waals surface area contributed by atoms with Crippen molar-refractivity contribution in [2.75, 3.05) is 6.54 Å². The van der Waals surface area contributed by atoms with Crippen LogP contribution in [0.5, 0.6) is 0 Å². The van der Waals surface area contributed by atoms with Gasteiger partial charge in [-0.3, -0.25) is 10.4 Å². The van der Waals surface area contributed by atoms with Gasteiger partial charge in [0, 0.05) is 17.8 Å². The van der Waals surface area contributed by atoms with Crippen LogP contribution in [0, 0.1) is 0 Å². The fourth-order valence-corrected chi connectivity index (χ4v) is 1.89. The smallest absolute Gasteiger partial charge is 0.203 e. The number of halogens is 1. The highest BCUT2D eigenvalue weighted by molar-refractivity contribution is 7.16. The predicted molar refractivity (Wildman–Crippen MR) is 56.8 cm³/mol. The quantitative estimate of drug-likeness (QED) is 0.303. The normalized spacial score (nSPS) is 11.7. The number of guanidine groups is 1. The van der Waals surface area contributed by atoms with E-state index >= 15 is 0 Å². The van der Waals surface area contributed by atoms with Crippen LogP contribution in [0.2, 0.25) is 4.34 Å². The molecule has 0 aliphatic rings. The molecule has 0 amide bonds. The van der Waals surface area contributed by atoms with Crippen molar-refractivity contribution >= 4 is 28.9 Å².